The van der Waals surface area contributed by atoms with Crippen LogP contribution in [0.1, 0.15) is 19.8 Å². The molecule has 5 nitrogen and oxygen atoms in total. The number of thioether (sulfide) groups is 1. The van der Waals surface area contributed by atoms with Gasteiger partial charge in [-0.2, -0.15) is 0 Å². The van der Waals surface area contributed by atoms with Gasteiger partial charge in [0.2, 0.25) is 0 Å². The average Bonchev–Trinajstić information content (AvgIpc) is 2.45. The Hall–Kier alpha value is -1.15. The Kier molecular flexibility index (Phi) is 4.40. The van der Waals surface area contributed by atoms with E-state index in [1.165, 1.54) is 11.8 Å². The standard InChI is InChI=1S/C14H20F2N4OS/c1-9-8-21-4-3-20(9)12-5-11(18-13(19-12)22-2)17-10-6-14(15,16)7-10/h5,9-10H,3-4,6-8H2,1-2H3,(H,17,18,19)/t9-/m1/s1. The molecule has 1 aromatic heterocycles. The summed E-state index contributed by atoms with van der Waals surface area (Å²) in [6.45, 7) is 4.18. The predicted molar refractivity (Wildman–Crippen MR) is 83.0 cm³/mol. The van der Waals surface area contributed by atoms with Crippen molar-refractivity contribution in [2.24, 2.45) is 0 Å². The molecule has 2 aliphatic rings. The van der Waals surface area contributed by atoms with Crippen molar-refractivity contribution in [1.29, 1.82) is 0 Å². The smallest absolute Gasteiger partial charge is 0.252 e. The highest BCUT2D eigenvalue weighted by Gasteiger charge is 2.45. The number of rotatable bonds is 4. The molecular formula is C14H20F2N4OS. The van der Waals surface area contributed by atoms with E-state index in [1.807, 2.05) is 12.3 Å². The molecule has 2 heterocycles. The van der Waals surface area contributed by atoms with Crippen LogP contribution in [0.25, 0.3) is 0 Å². The number of nitrogens with one attached hydrogen (secondary N) is 1. The Bertz CT molecular complexity index is 538. The summed E-state index contributed by atoms with van der Waals surface area (Å²) in [6, 6.07) is 1.87. The minimum absolute atomic E-state index is 0.130. The zero-order valence-electron chi connectivity index (χ0n) is 12.7. The molecule has 0 spiro atoms. The van der Waals surface area contributed by atoms with Crippen LogP contribution in [0.2, 0.25) is 0 Å². The Balaban J connectivity index is 1.77. The average molecular weight is 330 g/mol. The van der Waals surface area contributed by atoms with E-state index in [0.29, 0.717) is 24.2 Å². The molecular weight excluding hydrogens is 310 g/mol. The van der Waals surface area contributed by atoms with Crippen LogP contribution >= 0.6 is 11.8 Å². The first-order chi connectivity index (χ1) is 10.5. The minimum atomic E-state index is -2.53. The van der Waals surface area contributed by atoms with E-state index >= 15 is 0 Å². The fourth-order valence-corrected chi connectivity index (χ4v) is 3.14. The summed E-state index contributed by atoms with van der Waals surface area (Å²) in [4.78, 5) is 11.1. The normalized spacial score (nSPS) is 24.9. The van der Waals surface area contributed by atoms with Crippen molar-refractivity contribution in [3.8, 4) is 0 Å². The highest BCUT2D eigenvalue weighted by Crippen LogP contribution is 2.39. The molecule has 1 aliphatic heterocycles. The molecule has 1 aromatic rings. The van der Waals surface area contributed by atoms with Gasteiger partial charge in [-0.25, -0.2) is 18.7 Å². The minimum Gasteiger partial charge on any atom is -0.377 e. The monoisotopic (exact) mass is 330 g/mol. The predicted octanol–water partition coefficient (Wildman–Crippen LogP) is 2.63. The van der Waals surface area contributed by atoms with Crippen molar-refractivity contribution in [2.75, 3.05) is 36.2 Å². The third-order valence-corrected chi connectivity index (χ3v) is 4.53. The molecule has 2 fully saturated rings. The van der Waals surface area contributed by atoms with Crippen LogP contribution in [0, 0.1) is 0 Å². The van der Waals surface area contributed by atoms with Gasteiger partial charge in [0.05, 0.1) is 19.3 Å². The summed E-state index contributed by atoms with van der Waals surface area (Å²) in [5.74, 6) is -1.09. The van der Waals surface area contributed by atoms with Crippen molar-refractivity contribution >= 4 is 23.4 Å². The first-order valence-corrected chi connectivity index (χ1v) is 8.61. The molecule has 122 valence electrons. The van der Waals surface area contributed by atoms with E-state index in [0.717, 1.165) is 12.4 Å². The fraction of sp³-hybridized carbons (Fsp3) is 0.714. The van der Waals surface area contributed by atoms with Crippen LogP contribution < -0.4 is 10.2 Å². The summed E-state index contributed by atoms with van der Waals surface area (Å²) in [5.41, 5.74) is 0. The molecule has 0 radical (unpaired) electrons. The lowest BCUT2D eigenvalue weighted by Gasteiger charge is -2.36. The van der Waals surface area contributed by atoms with Gasteiger partial charge in [-0.1, -0.05) is 11.8 Å². The second kappa shape index (κ2) is 6.16. The topological polar surface area (TPSA) is 50.3 Å². The Morgan fingerprint density at radius 1 is 1.41 bits per heavy atom. The van der Waals surface area contributed by atoms with E-state index < -0.39 is 5.92 Å². The van der Waals surface area contributed by atoms with E-state index in [-0.39, 0.29) is 24.9 Å². The number of ether oxygens (including phenoxy) is 1. The van der Waals surface area contributed by atoms with Crippen molar-refractivity contribution in [3.05, 3.63) is 6.07 Å². The number of hydrogen-bond acceptors (Lipinski definition) is 6. The van der Waals surface area contributed by atoms with Gasteiger partial charge in [0.25, 0.3) is 5.92 Å². The van der Waals surface area contributed by atoms with Crippen LogP contribution in [0.4, 0.5) is 20.4 Å². The lowest BCUT2D eigenvalue weighted by atomic mass is 9.88. The number of alkyl halides is 2. The number of hydrogen-bond donors (Lipinski definition) is 1. The van der Waals surface area contributed by atoms with Gasteiger partial charge in [-0.15, -0.1) is 0 Å². The molecule has 0 unspecified atom stereocenters. The number of morpholine rings is 1. The lowest BCUT2D eigenvalue weighted by molar-refractivity contribution is -0.0794. The summed E-state index contributed by atoms with van der Waals surface area (Å²) in [6.07, 6.45) is 1.65. The summed E-state index contributed by atoms with van der Waals surface area (Å²) in [5, 5.41) is 3.74. The second-order valence-electron chi connectivity index (χ2n) is 5.82. The number of anilines is 2. The van der Waals surface area contributed by atoms with Gasteiger partial charge in [-0.05, 0) is 13.2 Å². The fourth-order valence-electron chi connectivity index (χ4n) is 2.77. The molecule has 1 saturated heterocycles. The van der Waals surface area contributed by atoms with Crippen LogP contribution in [0.3, 0.4) is 0 Å². The Morgan fingerprint density at radius 2 is 2.18 bits per heavy atom. The lowest BCUT2D eigenvalue weighted by Crippen LogP contribution is -2.45. The van der Waals surface area contributed by atoms with Gasteiger partial charge < -0.3 is 15.0 Å². The maximum Gasteiger partial charge on any atom is 0.252 e. The van der Waals surface area contributed by atoms with Crippen molar-refractivity contribution in [3.63, 3.8) is 0 Å². The van der Waals surface area contributed by atoms with Crippen LogP contribution in [0.15, 0.2) is 11.2 Å². The van der Waals surface area contributed by atoms with Crippen LogP contribution in [-0.4, -0.2) is 54.0 Å². The van der Waals surface area contributed by atoms with Gasteiger partial charge >= 0.3 is 0 Å². The zero-order chi connectivity index (χ0) is 15.7. The molecule has 1 atom stereocenters. The van der Waals surface area contributed by atoms with E-state index in [9.17, 15) is 8.78 Å². The third kappa shape index (κ3) is 3.43. The number of aromatic nitrogens is 2. The maximum atomic E-state index is 13.0. The van der Waals surface area contributed by atoms with E-state index in [1.54, 1.807) is 0 Å². The first kappa shape index (κ1) is 15.7. The summed E-state index contributed by atoms with van der Waals surface area (Å²) in [7, 11) is 0. The van der Waals surface area contributed by atoms with Crippen molar-refractivity contribution in [2.45, 2.75) is 42.9 Å². The second-order valence-corrected chi connectivity index (χ2v) is 6.59. The molecule has 1 N–H and O–H groups in total. The maximum absolute atomic E-state index is 13.0. The zero-order valence-corrected chi connectivity index (χ0v) is 13.5. The van der Waals surface area contributed by atoms with E-state index in [4.69, 9.17) is 4.74 Å². The largest absolute Gasteiger partial charge is 0.377 e. The van der Waals surface area contributed by atoms with Gasteiger partial charge in [0.15, 0.2) is 5.16 Å². The molecule has 0 bridgehead atoms. The van der Waals surface area contributed by atoms with Crippen LogP contribution in [0.5, 0.6) is 0 Å². The van der Waals surface area contributed by atoms with Gasteiger partial charge in [0.1, 0.15) is 11.6 Å². The molecule has 0 aromatic carbocycles. The van der Waals surface area contributed by atoms with E-state index in [2.05, 4.69) is 27.1 Å². The highest BCUT2D eigenvalue weighted by molar-refractivity contribution is 7.98. The molecule has 0 amide bonds. The summed E-state index contributed by atoms with van der Waals surface area (Å²) >= 11 is 1.45. The quantitative estimate of drug-likeness (QED) is 0.676. The van der Waals surface area contributed by atoms with Gasteiger partial charge in [0, 0.05) is 31.5 Å². The molecule has 1 aliphatic carbocycles. The van der Waals surface area contributed by atoms with Crippen molar-refractivity contribution < 1.29 is 13.5 Å². The first-order valence-electron chi connectivity index (χ1n) is 7.39. The van der Waals surface area contributed by atoms with Crippen LogP contribution in [-0.2, 0) is 4.74 Å². The summed E-state index contributed by atoms with van der Waals surface area (Å²) < 4.78 is 31.4. The molecule has 1 saturated carbocycles. The SMILES string of the molecule is CSc1nc(NC2CC(F)(F)C2)cc(N2CCOC[C@H]2C)n1. The molecule has 22 heavy (non-hydrogen) atoms. The molecule has 8 heteroatoms. The third-order valence-electron chi connectivity index (χ3n) is 3.98. The van der Waals surface area contributed by atoms with Crippen molar-refractivity contribution in [1.82, 2.24) is 9.97 Å². The Morgan fingerprint density at radius 3 is 2.82 bits per heavy atom. The molecule has 3 rings (SSSR count). The van der Waals surface area contributed by atoms with Gasteiger partial charge in [-0.3, -0.25) is 0 Å². The highest BCUT2D eigenvalue weighted by atomic mass is 32.2. The Labute approximate surface area is 132 Å². The number of nitrogens with zero attached hydrogens (tertiary/aromatic N) is 3. The number of halogens is 2.